The van der Waals surface area contributed by atoms with Crippen LogP contribution in [0.15, 0.2) is 46.4 Å². The zero-order chi connectivity index (χ0) is 22.3. The molecular formula is C24H30N2O4S. The van der Waals surface area contributed by atoms with E-state index in [1.54, 1.807) is 6.21 Å². The maximum atomic E-state index is 11.9. The van der Waals surface area contributed by atoms with Gasteiger partial charge in [-0.05, 0) is 81.0 Å². The van der Waals surface area contributed by atoms with Gasteiger partial charge in [0.1, 0.15) is 23.4 Å². The second-order valence-electron chi connectivity index (χ2n) is 7.61. The number of anilines is 1. The van der Waals surface area contributed by atoms with Crippen molar-refractivity contribution in [1.82, 2.24) is 0 Å². The number of rotatable bonds is 10. The molecule has 166 valence electrons. The van der Waals surface area contributed by atoms with Gasteiger partial charge in [0.15, 0.2) is 0 Å². The van der Waals surface area contributed by atoms with Crippen molar-refractivity contribution in [3.8, 4) is 5.75 Å². The molecule has 1 aliphatic heterocycles. The highest BCUT2D eigenvalue weighted by Gasteiger charge is 2.39. The highest BCUT2D eigenvalue weighted by atomic mass is 32.2. The smallest absolute Gasteiger partial charge is 0.412 e. The monoisotopic (exact) mass is 442 g/mol. The van der Waals surface area contributed by atoms with Gasteiger partial charge >= 0.3 is 6.09 Å². The van der Waals surface area contributed by atoms with Crippen molar-refractivity contribution >= 4 is 30.0 Å². The molecule has 0 radical (unpaired) electrons. The number of hydrogen-bond donors (Lipinski definition) is 1. The quantitative estimate of drug-likeness (QED) is 0.191. The molecule has 1 N–H and O–H groups in total. The normalized spacial score (nSPS) is 14.6. The Hall–Kier alpha value is -2.67. The minimum Gasteiger partial charge on any atom is -0.494 e. The average molecular weight is 443 g/mol. The molecule has 1 heterocycles. The summed E-state index contributed by atoms with van der Waals surface area (Å²) >= 11 is 1.25. The number of amides is 1. The Balaban J connectivity index is 1.44. The van der Waals surface area contributed by atoms with Crippen molar-refractivity contribution in [2.45, 2.75) is 63.9 Å². The van der Waals surface area contributed by atoms with E-state index in [1.165, 1.54) is 23.2 Å². The van der Waals surface area contributed by atoms with Crippen LogP contribution in [-0.2, 0) is 14.6 Å². The van der Waals surface area contributed by atoms with E-state index in [4.69, 9.17) is 13.8 Å². The average Bonchev–Trinajstić information content (AvgIpc) is 2.77. The summed E-state index contributed by atoms with van der Waals surface area (Å²) in [6.45, 7) is 8.79. The second-order valence-corrected chi connectivity index (χ2v) is 8.39. The van der Waals surface area contributed by atoms with E-state index in [0.717, 1.165) is 34.7 Å². The Bertz CT molecular complexity index is 941. The molecule has 0 saturated heterocycles. The van der Waals surface area contributed by atoms with E-state index in [-0.39, 0.29) is 0 Å². The summed E-state index contributed by atoms with van der Waals surface area (Å²) in [7, 11) is 0. The van der Waals surface area contributed by atoms with Gasteiger partial charge in [0.05, 0.1) is 17.2 Å². The summed E-state index contributed by atoms with van der Waals surface area (Å²) in [5.41, 5.74) is 3.65. The second kappa shape index (κ2) is 10.6. The minimum atomic E-state index is -0.602. The van der Waals surface area contributed by atoms with Crippen LogP contribution in [0.25, 0.3) is 0 Å². The molecule has 0 atom stereocenters. The van der Waals surface area contributed by atoms with Crippen LogP contribution in [0.1, 0.15) is 56.2 Å². The maximum absolute atomic E-state index is 11.9. The van der Waals surface area contributed by atoms with Crippen LogP contribution in [0.3, 0.4) is 0 Å². The van der Waals surface area contributed by atoms with E-state index >= 15 is 0 Å². The number of fused-ring (bicyclic) bond motifs is 1. The van der Waals surface area contributed by atoms with Gasteiger partial charge < -0.3 is 13.8 Å². The number of oxime groups is 1. The maximum Gasteiger partial charge on any atom is 0.412 e. The molecule has 0 spiro atoms. The fourth-order valence-corrected chi connectivity index (χ4v) is 4.06. The van der Waals surface area contributed by atoms with Crippen molar-refractivity contribution < 1.29 is 18.6 Å². The van der Waals surface area contributed by atoms with Gasteiger partial charge in [0, 0.05) is 11.8 Å². The summed E-state index contributed by atoms with van der Waals surface area (Å²) in [4.78, 5) is 12.9. The molecule has 0 aliphatic carbocycles. The number of hydrogen-bond acceptors (Lipinski definition) is 6. The van der Waals surface area contributed by atoms with Gasteiger partial charge in [0.25, 0.3) is 0 Å². The third-order valence-corrected chi connectivity index (χ3v) is 6.23. The highest BCUT2D eigenvalue weighted by Crippen LogP contribution is 2.42. The zero-order valence-corrected chi connectivity index (χ0v) is 19.4. The van der Waals surface area contributed by atoms with Crippen molar-refractivity contribution in [3.63, 3.8) is 0 Å². The van der Waals surface area contributed by atoms with Crippen LogP contribution < -0.4 is 10.1 Å². The lowest BCUT2D eigenvalue weighted by Crippen LogP contribution is -2.38. The van der Waals surface area contributed by atoms with Crippen LogP contribution in [0.2, 0.25) is 0 Å². The third kappa shape index (κ3) is 5.73. The number of unbranched alkanes of at least 4 members (excludes halogenated alkanes) is 1. The van der Waals surface area contributed by atoms with Gasteiger partial charge in [-0.15, -0.1) is 0 Å². The number of benzene rings is 2. The molecule has 0 unspecified atom stereocenters. The largest absolute Gasteiger partial charge is 0.494 e. The summed E-state index contributed by atoms with van der Waals surface area (Å²) < 4.78 is 16.8. The van der Waals surface area contributed by atoms with E-state index in [9.17, 15) is 4.79 Å². The number of nitrogens with zero attached hydrogens (tertiary/aromatic N) is 1. The van der Waals surface area contributed by atoms with Gasteiger partial charge in [-0.1, -0.05) is 25.1 Å². The van der Waals surface area contributed by atoms with Crippen LogP contribution >= 0.6 is 12.0 Å². The van der Waals surface area contributed by atoms with Crippen LogP contribution in [0.4, 0.5) is 10.5 Å². The number of aryl methyl sites for hydroxylation is 2. The molecular weight excluding hydrogens is 412 g/mol. The van der Waals surface area contributed by atoms with E-state index in [0.29, 0.717) is 19.4 Å². The first-order valence-electron chi connectivity index (χ1n) is 10.7. The first-order valence-corrected chi connectivity index (χ1v) is 11.4. The number of carbonyl (C=O) groups excluding carboxylic acids is 1. The van der Waals surface area contributed by atoms with Crippen LogP contribution in [-0.4, -0.2) is 18.9 Å². The zero-order valence-electron chi connectivity index (χ0n) is 18.6. The van der Waals surface area contributed by atoms with E-state index in [2.05, 4.69) is 36.5 Å². The lowest BCUT2D eigenvalue weighted by atomic mass is 9.86. The molecule has 0 bridgehead atoms. The molecule has 2 aromatic carbocycles. The molecule has 1 aliphatic rings. The lowest BCUT2D eigenvalue weighted by Gasteiger charge is -2.37. The first-order chi connectivity index (χ1) is 15.0. The van der Waals surface area contributed by atoms with Crippen LogP contribution in [0.5, 0.6) is 5.75 Å². The predicted octanol–water partition coefficient (Wildman–Crippen LogP) is 6.75. The number of carbonyl (C=O) groups is 1. The van der Waals surface area contributed by atoms with E-state index < -0.39 is 11.7 Å². The van der Waals surface area contributed by atoms with Gasteiger partial charge in [-0.3, -0.25) is 5.32 Å². The molecule has 2 aromatic rings. The molecule has 1 amide bonds. The Morgan fingerprint density at radius 2 is 1.94 bits per heavy atom. The summed E-state index contributed by atoms with van der Waals surface area (Å²) in [6.07, 6.45) is 4.35. The molecule has 7 heteroatoms. The number of cyclic esters (lactones) is 1. The Labute approximate surface area is 188 Å². The Morgan fingerprint density at radius 3 is 2.68 bits per heavy atom. The Kier molecular flexibility index (Phi) is 7.85. The van der Waals surface area contributed by atoms with E-state index in [1.807, 2.05) is 38.1 Å². The Morgan fingerprint density at radius 1 is 1.13 bits per heavy atom. The standard InChI is InChI=1S/C24H30N2O4S/c1-5-24(6-2)21-16-19(10-12-22(21)26-23(27)29-24)28-14-8-7-13-25-30-31-20-11-9-17(3)18(4)15-20/h9-13,15-16H,5-8,14H2,1-4H3,(H,26,27). The SMILES string of the molecule is CCC1(CC)OC(=O)Nc2ccc(OCCCC=NOSc3ccc(C)c(C)c3)cc21. The highest BCUT2D eigenvalue weighted by molar-refractivity contribution is 7.94. The van der Waals surface area contributed by atoms with Crippen molar-refractivity contribution in [1.29, 1.82) is 0 Å². The predicted molar refractivity (Wildman–Crippen MR) is 125 cm³/mol. The molecule has 0 fully saturated rings. The number of ether oxygens (including phenoxy) is 2. The topological polar surface area (TPSA) is 69.2 Å². The first kappa shape index (κ1) is 23.0. The fraction of sp³-hybridized carbons (Fsp3) is 0.417. The molecule has 6 nitrogen and oxygen atoms in total. The van der Waals surface area contributed by atoms with Crippen molar-refractivity contribution in [2.24, 2.45) is 5.16 Å². The molecule has 3 rings (SSSR count). The summed E-state index contributed by atoms with van der Waals surface area (Å²) in [5, 5.41) is 6.77. The van der Waals surface area contributed by atoms with Crippen molar-refractivity contribution in [2.75, 3.05) is 11.9 Å². The fourth-order valence-electron chi connectivity index (χ4n) is 3.52. The summed E-state index contributed by atoms with van der Waals surface area (Å²) in [5.74, 6) is 0.767. The lowest BCUT2D eigenvalue weighted by molar-refractivity contribution is 0.00453. The van der Waals surface area contributed by atoms with Gasteiger partial charge in [-0.2, -0.15) is 0 Å². The minimum absolute atomic E-state index is 0.401. The van der Waals surface area contributed by atoms with Gasteiger partial charge in [0.2, 0.25) is 0 Å². The van der Waals surface area contributed by atoms with Crippen LogP contribution in [0, 0.1) is 13.8 Å². The van der Waals surface area contributed by atoms with Crippen molar-refractivity contribution in [3.05, 3.63) is 53.1 Å². The summed E-state index contributed by atoms with van der Waals surface area (Å²) in [6, 6.07) is 11.9. The third-order valence-electron chi connectivity index (χ3n) is 5.62. The molecule has 31 heavy (non-hydrogen) atoms. The molecule has 0 saturated carbocycles. The molecule has 0 aromatic heterocycles. The number of nitrogens with one attached hydrogen (secondary N) is 1. The van der Waals surface area contributed by atoms with Gasteiger partial charge in [-0.25, -0.2) is 4.79 Å².